The molecule has 0 spiro atoms. The van der Waals surface area contributed by atoms with E-state index in [2.05, 4.69) is 27.7 Å². The molecule has 0 aliphatic carbocycles. The summed E-state index contributed by atoms with van der Waals surface area (Å²) in [5.41, 5.74) is 1.06. The second-order valence-electron chi connectivity index (χ2n) is 2.80. The third-order valence-electron chi connectivity index (χ3n) is 1.75. The van der Waals surface area contributed by atoms with Gasteiger partial charge in [-0.05, 0) is 45.0 Å². The average Bonchev–Trinajstić information content (AvgIpc) is 2.62. The van der Waals surface area contributed by atoms with Crippen LogP contribution in [0.2, 0.25) is 0 Å². The Labute approximate surface area is 98.5 Å². The zero-order chi connectivity index (χ0) is 9.97. The van der Waals surface area contributed by atoms with E-state index in [1.165, 1.54) is 4.68 Å². The number of hydrogen-bond donors (Lipinski definition) is 0. The Morgan fingerprint density at radius 3 is 3.07 bits per heavy atom. The van der Waals surface area contributed by atoms with Crippen molar-refractivity contribution in [1.82, 2.24) is 9.78 Å². The molecule has 2 rings (SSSR count). The standard InChI is InChI=1S/C9H7IN2OS/c10-8-3-9(13)12(11-4-8)5-7-1-2-14-6-7/h1-4,6H,5H2. The van der Waals surface area contributed by atoms with Gasteiger partial charge in [-0.15, -0.1) is 0 Å². The van der Waals surface area contributed by atoms with Crippen molar-refractivity contribution in [3.05, 3.63) is 48.6 Å². The largest absolute Gasteiger partial charge is 0.268 e. The van der Waals surface area contributed by atoms with E-state index in [1.54, 1.807) is 23.6 Å². The predicted molar refractivity (Wildman–Crippen MR) is 64.6 cm³/mol. The maximum Gasteiger partial charge on any atom is 0.268 e. The highest BCUT2D eigenvalue weighted by atomic mass is 127. The summed E-state index contributed by atoms with van der Waals surface area (Å²) in [5, 5.41) is 8.07. The highest BCUT2D eigenvalue weighted by Crippen LogP contribution is 2.06. The predicted octanol–water partition coefficient (Wildman–Crippen LogP) is 1.96. The highest BCUT2D eigenvalue weighted by Gasteiger charge is 1.99. The van der Waals surface area contributed by atoms with Crippen LogP contribution in [-0.2, 0) is 6.54 Å². The summed E-state index contributed by atoms with van der Waals surface area (Å²) in [4.78, 5) is 11.5. The van der Waals surface area contributed by atoms with Gasteiger partial charge in [0.05, 0.1) is 12.7 Å². The van der Waals surface area contributed by atoms with Gasteiger partial charge < -0.3 is 0 Å². The van der Waals surface area contributed by atoms with Gasteiger partial charge in [-0.2, -0.15) is 16.4 Å². The average molecular weight is 318 g/mol. The van der Waals surface area contributed by atoms with Crippen LogP contribution in [0.1, 0.15) is 5.56 Å². The van der Waals surface area contributed by atoms with Gasteiger partial charge in [-0.3, -0.25) is 4.79 Å². The van der Waals surface area contributed by atoms with Crippen LogP contribution >= 0.6 is 33.9 Å². The Bertz CT molecular complexity index is 478. The Morgan fingerprint density at radius 2 is 2.43 bits per heavy atom. The minimum absolute atomic E-state index is 0.0527. The molecule has 3 nitrogen and oxygen atoms in total. The SMILES string of the molecule is O=c1cc(I)cnn1Cc1ccsc1. The van der Waals surface area contributed by atoms with Crippen LogP contribution < -0.4 is 5.56 Å². The van der Waals surface area contributed by atoms with Crippen molar-refractivity contribution in [2.75, 3.05) is 0 Å². The zero-order valence-electron chi connectivity index (χ0n) is 7.18. The van der Waals surface area contributed by atoms with Crippen molar-refractivity contribution in [3.63, 3.8) is 0 Å². The molecular formula is C9H7IN2OS. The Kier molecular flexibility index (Phi) is 2.97. The Balaban J connectivity index is 2.30. The van der Waals surface area contributed by atoms with Gasteiger partial charge >= 0.3 is 0 Å². The number of aromatic nitrogens is 2. The van der Waals surface area contributed by atoms with Crippen LogP contribution in [0.25, 0.3) is 0 Å². The molecule has 0 saturated heterocycles. The van der Waals surface area contributed by atoms with Gasteiger partial charge in [0.2, 0.25) is 0 Å². The van der Waals surface area contributed by atoms with Gasteiger partial charge in [0.25, 0.3) is 5.56 Å². The lowest BCUT2D eigenvalue weighted by Gasteiger charge is -2.01. The first-order valence-electron chi connectivity index (χ1n) is 3.99. The molecule has 0 aliphatic heterocycles. The van der Waals surface area contributed by atoms with Crippen molar-refractivity contribution >= 4 is 33.9 Å². The van der Waals surface area contributed by atoms with Crippen LogP contribution in [0.15, 0.2) is 33.9 Å². The van der Waals surface area contributed by atoms with E-state index >= 15 is 0 Å². The molecule has 5 heteroatoms. The maximum atomic E-state index is 11.5. The van der Waals surface area contributed by atoms with Crippen molar-refractivity contribution in [3.8, 4) is 0 Å². The minimum atomic E-state index is -0.0527. The topological polar surface area (TPSA) is 34.9 Å². The lowest BCUT2D eigenvalue weighted by molar-refractivity contribution is 0.638. The molecule has 0 atom stereocenters. The third kappa shape index (κ3) is 2.21. The van der Waals surface area contributed by atoms with Crippen LogP contribution in [0.3, 0.4) is 0 Å². The number of thiophene rings is 1. The van der Waals surface area contributed by atoms with E-state index in [0.29, 0.717) is 6.54 Å². The summed E-state index contributed by atoms with van der Waals surface area (Å²) in [6.45, 7) is 0.555. The van der Waals surface area contributed by atoms with Crippen molar-refractivity contribution < 1.29 is 0 Å². The first-order valence-corrected chi connectivity index (χ1v) is 6.01. The summed E-state index contributed by atoms with van der Waals surface area (Å²) >= 11 is 3.70. The number of rotatable bonds is 2. The minimum Gasteiger partial charge on any atom is -0.268 e. The molecule has 2 heterocycles. The molecule has 0 unspecified atom stereocenters. The van der Waals surface area contributed by atoms with Gasteiger partial charge in [-0.1, -0.05) is 0 Å². The van der Waals surface area contributed by atoms with E-state index in [0.717, 1.165) is 9.13 Å². The summed E-state index contributed by atoms with van der Waals surface area (Å²) in [5.74, 6) is 0. The van der Waals surface area contributed by atoms with E-state index in [9.17, 15) is 4.79 Å². The van der Waals surface area contributed by atoms with Crippen LogP contribution in [0.4, 0.5) is 0 Å². The normalized spacial score (nSPS) is 10.4. The van der Waals surface area contributed by atoms with Gasteiger partial charge in [0.15, 0.2) is 0 Å². The van der Waals surface area contributed by atoms with Crippen LogP contribution in [0, 0.1) is 3.57 Å². The van der Waals surface area contributed by atoms with E-state index < -0.39 is 0 Å². The highest BCUT2D eigenvalue weighted by molar-refractivity contribution is 14.1. The molecule has 0 saturated carbocycles. The molecule has 0 N–H and O–H groups in total. The molecule has 14 heavy (non-hydrogen) atoms. The van der Waals surface area contributed by atoms with Crippen molar-refractivity contribution in [2.45, 2.75) is 6.54 Å². The fraction of sp³-hybridized carbons (Fsp3) is 0.111. The lowest BCUT2D eigenvalue weighted by Crippen LogP contribution is -2.22. The number of nitrogens with zero attached hydrogens (tertiary/aromatic N) is 2. The van der Waals surface area contributed by atoms with Crippen LogP contribution in [0.5, 0.6) is 0 Å². The second-order valence-corrected chi connectivity index (χ2v) is 4.83. The molecule has 72 valence electrons. The van der Waals surface area contributed by atoms with Crippen molar-refractivity contribution in [1.29, 1.82) is 0 Å². The molecule has 0 radical (unpaired) electrons. The van der Waals surface area contributed by atoms with Crippen LogP contribution in [-0.4, -0.2) is 9.78 Å². The van der Waals surface area contributed by atoms with E-state index in [4.69, 9.17) is 0 Å². The molecule has 0 amide bonds. The fourth-order valence-corrected chi connectivity index (χ4v) is 2.14. The van der Waals surface area contributed by atoms with Crippen molar-refractivity contribution in [2.24, 2.45) is 0 Å². The first kappa shape index (κ1) is 9.85. The van der Waals surface area contributed by atoms with Gasteiger partial charge in [0, 0.05) is 9.64 Å². The van der Waals surface area contributed by atoms with E-state index in [-0.39, 0.29) is 5.56 Å². The summed E-state index contributed by atoms with van der Waals surface area (Å²) in [6, 6.07) is 3.58. The third-order valence-corrected chi connectivity index (χ3v) is 3.07. The molecule has 0 fully saturated rings. The molecule has 0 aromatic carbocycles. The lowest BCUT2D eigenvalue weighted by atomic mass is 10.3. The quantitative estimate of drug-likeness (QED) is 0.794. The van der Waals surface area contributed by atoms with Gasteiger partial charge in [-0.25, -0.2) is 4.68 Å². The molecule has 2 aromatic rings. The Hall–Kier alpha value is -0.690. The fourth-order valence-electron chi connectivity index (χ4n) is 1.09. The Morgan fingerprint density at radius 1 is 1.57 bits per heavy atom. The summed E-state index contributed by atoms with van der Waals surface area (Å²) in [7, 11) is 0. The second kappa shape index (κ2) is 4.22. The zero-order valence-corrected chi connectivity index (χ0v) is 10.2. The monoisotopic (exact) mass is 318 g/mol. The summed E-state index contributed by atoms with van der Waals surface area (Å²) in [6.07, 6.45) is 1.69. The molecule has 0 bridgehead atoms. The number of hydrogen-bond acceptors (Lipinski definition) is 3. The smallest absolute Gasteiger partial charge is 0.268 e. The number of halogens is 1. The molecule has 0 aliphatic rings. The first-order chi connectivity index (χ1) is 6.75. The molecular weight excluding hydrogens is 311 g/mol. The summed E-state index contributed by atoms with van der Waals surface area (Å²) < 4.78 is 2.33. The maximum absolute atomic E-state index is 11.5. The van der Waals surface area contributed by atoms with Gasteiger partial charge in [0.1, 0.15) is 0 Å². The van der Waals surface area contributed by atoms with E-state index in [1.807, 2.05) is 16.8 Å². The molecule has 2 aromatic heterocycles.